The molecule has 0 aromatic heterocycles. The Morgan fingerprint density at radius 2 is 1.88 bits per heavy atom. The van der Waals surface area contributed by atoms with E-state index in [1.165, 1.54) is 18.2 Å². The third-order valence-electron chi connectivity index (χ3n) is 2.87. The fourth-order valence-corrected chi connectivity index (χ4v) is 2.02. The van der Waals surface area contributed by atoms with Gasteiger partial charge in [0.25, 0.3) is 0 Å². The van der Waals surface area contributed by atoms with Crippen molar-refractivity contribution >= 4 is 23.5 Å². The molecule has 2 aromatic rings. The second-order valence-electron chi connectivity index (χ2n) is 4.47. The topological polar surface area (TPSA) is 85.0 Å². The molecule has 0 atom stereocenters. The molecule has 0 radical (unpaired) electrons. The molecule has 10 heteroatoms. The highest BCUT2D eigenvalue weighted by molar-refractivity contribution is 6.32. The van der Waals surface area contributed by atoms with Crippen LogP contribution in [-0.2, 0) is 6.18 Å². The van der Waals surface area contributed by atoms with Crippen molar-refractivity contribution in [3.8, 4) is 11.5 Å². The molecule has 24 heavy (non-hydrogen) atoms. The van der Waals surface area contributed by atoms with E-state index in [2.05, 4.69) is 5.16 Å². The molecule has 0 saturated heterocycles. The van der Waals surface area contributed by atoms with Crippen LogP contribution in [0.15, 0.2) is 41.6 Å². The quantitative estimate of drug-likeness (QED) is 0.365. The standard InChI is InChI=1S/C14H8ClF3N2O4/c15-10-5-8(7-19-21)1-3-12(10)24-13-4-2-9(14(16,17)18)6-11(13)20(22)23/h1-7,21H/b19-7-. The van der Waals surface area contributed by atoms with Gasteiger partial charge >= 0.3 is 11.9 Å². The number of benzene rings is 2. The van der Waals surface area contributed by atoms with E-state index in [0.29, 0.717) is 17.7 Å². The van der Waals surface area contributed by atoms with Gasteiger partial charge in [0.2, 0.25) is 5.75 Å². The molecule has 0 aliphatic carbocycles. The Morgan fingerprint density at radius 1 is 1.21 bits per heavy atom. The highest BCUT2D eigenvalue weighted by atomic mass is 35.5. The van der Waals surface area contributed by atoms with Gasteiger partial charge in [0, 0.05) is 6.07 Å². The van der Waals surface area contributed by atoms with E-state index in [0.717, 1.165) is 12.3 Å². The number of rotatable bonds is 4. The first kappa shape index (κ1) is 17.5. The largest absolute Gasteiger partial charge is 0.449 e. The van der Waals surface area contributed by atoms with E-state index < -0.39 is 28.1 Å². The zero-order chi connectivity index (χ0) is 17.9. The van der Waals surface area contributed by atoms with Crippen LogP contribution in [0.1, 0.15) is 11.1 Å². The van der Waals surface area contributed by atoms with Crippen LogP contribution < -0.4 is 4.74 Å². The molecule has 6 nitrogen and oxygen atoms in total. The van der Waals surface area contributed by atoms with Crippen molar-refractivity contribution < 1.29 is 28.0 Å². The molecule has 0 fully saturated rings. The van der Waals surface area contributed by atoms with Crippen LogP contribution in [0.25, 0.3) is 0 Å². The van der Waals surface area contributed by atoms with Crippen molar-refractivity contribution in [1.29, 1.82) is 0 Å². The Bertz CT molecular complexity index is 809. The smallest absolute Gasteiger partial charge is 0.416 e. The lowest BCUT2D eigenvalue weighted by atomic mass is 10.2. The van der Waals surface area contributed by atoms with Gasteiger partial charge in [0.15, 0.2) is 0 Å². The lowest BCUT2D eigenvalue weighted by Gasteiger charge is -2.11. The molecule has 0 spiro atoms. The number of nitrogens with zero attached hydrogens (tertiary/aromatic N) is 2. The fraction of sp³-hybridized carbons (Fsp3) is 0.0714. The Morgan fingerprint density at radius 3 is 2.42 bits per heavy atom. The highest BCUT2D eigenvalue weighted by Gasteiger charge is 2.33. The van der Waals surface area contributed by atoms with Crippen LogP contribution in [0, 0.1) is 10.1 Å². The minimum Gasteiger partial charge on any atom is -0.449 e. The molecule has 126 valence electrons. The lowest BCUT2D eigenvalue weighted by Crippen LogP contribution is -2.06. The second kappa shape index (κ2) is 6.75. The summed E-state index contributed by atoms with van der Waals surface area (Å²) in [4.78, 5) is 10.0. The van der Waals surface area contributed by atoms with Gasteiger partial charge in [-0.25, -0.2) is 0 Å². The normalized spacial score (nSPS) is 11.7. The summed E-state index contributed by atoms with van der Waals surface area (Å²) < 4.78 is 43.2. The summed E-state index contributed by atoms with van der Waals surface area (Å²) in [5.74, 6) is -0.395. The summed E-state index contributed by atoms with van der Waals surface area (Å²) >= 11 is 5.93. The van der Waals surface area contributed by atoms with Crippen molar-refractivity contribution in [1.82, 2.24) is 0 Å². The maximum atomic E-state index is 12.7. The van der Waals surface area contributed by atoms with Gasteiger partial charge in [0.05, 0.1) is 21.7 Å². The zero-order valence-corrected chi connectivity index (χ0v) is 12.4. The van der Waals surface area contributed by atoms with E-state index in [4.69, 9.17) is 21.5 Å². The molecule has 1 N–H and O–H groups in total. The number of hydrogen-bond donors (Lipinski definition) is 1. The molecule has 0 bridgehead atoms. The van der Waals surface area contributed by atoms with Crippen LogP contribution in [0.3, 0.4) is 0 Å². The predicted octanol–water partition coefficient (Wildman–Crippen LogP) is 4.87. The van der Waals surface area contributed by atoms with E-state index in [1.807, 2.05) is 0 Å². The Hall–Kier alpha value is -2.81. The molecular formula is C14H8ClF3N2O4. The van der Waals surface area contributed by atoms with Crippen molar-refractivity contribution in [2.24, 2.45) is 5.16 Å². The Labute approximate surface area is 137 Å². The summed E-state index contributed by atoms with van der Waals surface area (Å²) in [6, 6.07) is 6.03. The summed E-state index contributed by atoms with van der Waals surface area (Å²) in [6.07, 6.45) is -3.62. The average Bonchev–Trinajstić information content (AvgIpc) is 2.49. The van der Waals surface area contributed by atoms with Gasteiger partial charge < -0.3 is 9.94 Å². The van der Waals surface area contributed by atoms with E-state index in [1.54, 1.807) is 0 Å². The molecule has 0 aliphatic rings. The first-order chi connectivity index (χ1) is 11.2. The highest BCUT2D eigenvalue weighted by Crippen LogP contribution is 2.39. The Balaban J connectivity index is 2.41. The van der Waals surface area contributed by atoms with Crippen molar-refractivity contribution in [2.75, 3.05) is 0 Å². The van der Waals surface area contributed by atoms with Crippen molar-refractivity contribution in [3.63, 3.8) is 0 Å². The summed E-state index contributed by atoms with van der Waals surface area (Å²) in [6.45, 7) is 0. The molecule has 0 amide bonds. The third-order valence-corrected chi connectivity index (χ3v) is 3.16. The zero-order valence-electron chi connectivity index (χ0n) is 11.6. The summed E-state index contributed by atoms with van der Waals surface area (Å²) in [5.41, 5.74) is -1.58. The Kier molecular flexibility index (Phi) is 4.93. The molecule has 0 heterocycles. The van der Waals surface area contributed by atoms with Gasteiger partial charge in [0.1, 0.15) is 5.75 Å². The molecule has 0 unspecified atom stereocenters. The van der Waals surface area contributed by atoms with Crippen LogP contribution in [-0.4, -0.2) is 16.3 Å². The van der Waals surface area contributed by atoms with Gasteiger partial charge in [-0.1, -0.05) is 16.8 Å². The number of halogens is 4. The summed E-state index contributed by atoms with van der Waals surface area (Å²) in [5, 5.41) is 22.3. The van der Waals surface area contributed by atoms with Crippen LogP contribution >= 0.6 is 11.6 Å². The molecule has 2 rings (SSSR count). The molecular weight excluding hydrogens is 353 g/mol. The van der Waals surface area contributed by atoms with Crippen LogP contribution in [0.5, 0.6) is 11.5 Å². The van der Waals surface area contributed by atoms with Gasteiger partial charge in [-0.05, 0) is 35.9 Å². The number of hydrogen-bond acceptors (Lipinski definition) is 5. The second-order valence-corrected chi connectivity index (χ2v) is 4.88. The predicted molar refractivity (Wildman–Crippen MR) is 79.0 cm³/mol. The van der Waals surface area contributed by atoms with Gasteiger partial charge in [-0.2, -0.15) is 13.2 Å². The maximum Gasteiger partial charge on any atom is 0.416 e. The summed E-state index contributed by atoms with van der Waals surface area (Å²) in [7, 11) is 0. The van der Waals surface area contributed by atoms with Crippen molar-refractivity contribution in [3.05, 3.63) is 62.7 Å². The van der Waals surface area contributed by atoms with Crippen LogP contribution in [0.4, 0.5) is 18.9 Å². The molecule has 0 aliphatic heterocycles. The lowest BCUT2D eigenvalue weighted by molar-refractivity contribution is -0.385. The average molecular weight is 361 g/mol. The van der Waals surface area contributed by atoms with Crippen LogP contribution in [0.2, 0.25) is 5.02 Å². The maximum absolute atomic E-state index is 12.7. The van der Waals surface area contributed by atoms with Gasteiger partial charge in [-0.3, -0.25) is 10.1 Å². The van der Waals surface area contributed by atoms with E-state index >= 15 is 0 Å². The van der Waals surface area contributed by atoms with Gasteiger partial charge in [-0.15, -0.1) is 0 Å². The van der Waals surface area contributed by atoms with Crippen molar-refractivity contribution in [2.45, 2.75) is 6.18 Å². The number of ether oxygens (including phenoxy) is 1. The first-order valence-corrected chi connectivity index (χ1v) is 6.60. The minimum atomic E-state index is -4.72. The number of nitro groups is 1. The van der Waals surface area contributed by atoms with E-state index in [-0.39, 0.29) is 10.8 Å². The monoisotopic (exact) mass is 360 g/mol. The molecule has 2 aromatic carbocycles. The number of alkyl halides is 3. The number of nitro benzene ring substituents is 1. The molecule has 0 saturated carbocycles. The third kappa shape index (κ3) is 3.93. The number of oxime groups is 1. The SMILES string of the molecule is O=[N+]([O-])c1cc(C(F)(F)F)ccc1Oc1ccc(/C=N\O)cc1Cl. The minimum absolute atomic E-state index is 0.00499. The first-order valence-electron chi connectivity index (χ1n) is 6.23. The van der Waals surface area contributed by atoms with E-state index in [9.17, 15) is 23.3 Å². The fourth-order valence-electron chi connectivity index (χ4n) is 1.79.